The Bertz CT molecular complexity index is 348. The van der Waals surface area contributed by atoms with E-state index in [0.29, 0.717) is 0 Å². The lowest BCUT2D eigenvalue weighted by molar-refractivity contribution is 0.150. The molecule has 1 rings (SSSR count). The summed E-state index contributed by atoms with van der Waals surface area (Å²) in [4.78, 5) is 13.0. The van der Waals surface area contributed by atoms with Crippen LogP contribution in [0.15, 0.2) is 10.9 Å². The van der Waals surface area contributed by atoms with Gasteiger partial charge in [0.2, 0.25) is 0 Å². The van der Waals surface area contributed by atoms with Gasteiger partial charge in [-0.1, -0.05) is 11.6 Å². The van der Waals surface area contributed by atoms with Crippen LogP contribution in [-0.4, -0.2) is 4.98 Å². The van der Waals surface area contributed by atoms with Gasteiger partial charge >= 0.3 is 0 Å². The summed E-state index contributed by atoms with van der Waals surface area (Å²) in [6.45, 7) is 1.40. The first-order valence-electron chi connectivity index (χ1n) is 3.20. The zero-order valence-electron chi connectivity index (χ0n) is 6.20. The molecule has 1 aromatic rings. The number of aryl methyl sites for hydroxylation is 1. The molecule has 5 heteroatoms. The third kappa shape index (κ3) is 1.64. The predicted molar refractivity (Wildman–Crippen MR) is 41.8 cm³/mol. The zero-order valence-corrected chi connectivity index (χ0v) is 6.95. The molecule has 1 aromatic heterocycles. The molecular weight excluding hydrogens is 188 g/mol. The van der Waals surface area contributed by atoms with Crippen molar-refractivity contribution in [3.63, 3.8) is 0 Å². The molecule has 2 nitrogen and oxygen atoms in total. The molecule has 0 fully saturated rings. The van der Waals surface area contributed by atoms with E-state index in [-0.39, 0.29) is 16.3 Å². The van der Waals surface area contributed by atoms with Gasteiger partial charge in [-0.15, -0.1) is 0 Å². The van der Waals surface area contributed by atoms with E-state index in [4.69, 9.17) is 11.6 Å². The van der Waals surface area contributed by atoms with E-state index >= 15 is 0 Å². The van der Waals surface area contributed by atoms with Crippen LogP contribution in [0.2, 0.25) is 5.02 Å². The number of aromatic nitrogens is 1. The average molecular weight is 194 g/mol. The molecule has 0 aliphatic carbocycles. The lowest BCUT2D eigenvalue weighted by atomic mass is 10.2. The Labute approximate surface area is 72.2 Å². The van der Waals surface area contributed by atoms with Crippen molar-refractivity contribution in [2.24, 2.45) is 0 Å². The summed E-state index contributed by atoms with van der Waals surface area (Å²) in [5, 5.41) is -0.212. The van der Waals surface area contributed by atoms with Gasteiger partial charge in [0.25, 0.3) is 12.0 Å². The normalized spacial score (nSPS) is 10.8. The van der Waals surface area contributed by atoms with E-state index in [1.807, 2.05) is 0 Å². The Morgan fingerprint density at radius 1 is 1.58 bits per heavy atom. The molecule has 66 valence electrons. The highest BCUT2D eigenvalue weighted by Crippen LogP contribution is 2.21. The van der Waals surface area contributed by atoms with Crippen LogP contribution in [0.3, 0.4) is 0 Å². The van der Waals surface area contributed by atoms with Crippen LogP contribution in [0, 0.1) is 6.92 Å². The van der Waals surface area contributed by atoms with Crippen LogP contribution < -0.4 is 5.56 Å². The van der Waals surface area contributed by atoms with Crippen molar-refractivity contribution in [1.29, 1.82) is 0 Å². The first kappa shape index (κ1) is 9.19. The largest absolute Gasteiger partial charge is 0.325 e. The van der Waals surface area contributed by atoms with Gasteiger partial charge in [-0.05, 0) is 13.0 Å². The molecular formula is C7H6ClF2NO. The van der Waals surface area contributed by atoms with Crippen LogP contribution >= 0.6 is 11.6 Å². The van der Waals surface area contributed by atoms with Crippen molar-refractivity contribution in [1.82, 2.24) is 4.98 Å². The molecule has 0 amide bonds. The summed E-state index contributed by atoms with van der Waals surface area (Å²) in [6.07, 6.45) is -2.61. The van der Waals surface area contributed by atoms with Crippen LogP contribution in [0.5, 0.6) is 0 Å². The van der Waals surface area contributed by atoms with Crippen molar-refractivity contribution >= 4 is 11.6 Å². The van der Waals surface area contributed by atoms with Gasteiger partial charge in [0.15, 0.2) is 0 Å². The third-order valence-electron chi connectivity index (χ3n) is 1.47. The molecule has 0 aromatic carbocycles. The fourth-order valence-electron chi connectivity index (χ4n) is 0.839. The molecule has 0 atom stereocenters. The van der Waals surface area contributed by atoms with E-state index in [9.17, 15) is 13.6 Å². The standard InChI is InChI=1S/C7H6ClF2NO/c1-3-4(6(9)10)2-5(8)7(12)11-3/h2,6H,1H3,(H,11,12). The Balaban J connectivity index is 3.33. The number of nitrogens with one attached hydrogen (secondary N) is 1. The highest BCUT2D eigenvalue weighted by atomic mass is 35.5. The van der Waals surface area contributed by atoms with Crippen molar-refractivity contribution in [2.45, 2.75) is 13.3 Å². The van der Waals surface area contributed by atoms with Gasteiger partial charge in [-0.2, -0.15) is 0 Å². The fraction of sp³-hybridized carbons (Fsp3) is 0.286. The highest BCUT2D eigenvalue weighted by molar-refractivity contribution is 6.30. The molecule has 1 N–H and O–H groups in total. The van der Waals surface area contributed by atoms with E-state index in [2.05, 4.69) is 4.98 Å². The summed E-state index contributed by atoms with van der Waals surface area (Å²) >= 11 is 5.35. The second-order valence-electron chi connectivity index (χ2n) is 2.33. The number of pyridine rings is 1. The van der Waals surface area contributed by atoms with E-state index in [1.165, 1.54) is 6.92 Å². The van der Waals surface area contributed by atoms with Gasteiger partial charge in [-0.25, -0.2) is 8.78 Å². The second-order valence-corrected chi connectivity index (χ2v) is 2.73. The van der Waals surface area contributed by atoms with Crippen LogP contribution in [0.1, 0.15) is 17.7 Å². The minimum absolute atomic E-state index is 0.152. The third-order valence-corrected chi connectivity index (χ3v) is 1.75. The number of rotatable bonds is 1. The minimum atomic E-state index is -2.61. The molecule has 0 aliphatic rings. The molecule has 0 unspecified atom stereocenters. The summed E-state index contributed by atoms with van der Waals surface area (Å²) in [7, 11) is 0. The van der Waals surface area contributed by atoms with E-state index in [0.717, 1.165) is 6.07 Å². The smallest absolute Gasteiger partial charge is 0.266 e. The number of hydrogen-bond acceptors (Lipinski definition) is 1. The van der Waals surface area contributed by atoms with Gasteiger partial charge in [0.1, 0.15) is 5.02 Å². The zero-order chi connectivity index (χ0) is 9.30. The average Bonchev–Trinajstić information content (AvgIpc) is 1.96. The minimum Gasteiger partial charge on any atom is -0.325 e. The maximum atomic E-state index is 12.2. The monoisotopic (exact) mass is 193 g/mol. The number of H-pyrrole nitrogens is 1. The number of alkyl halides is 2. The molecule has 0 bridgehead atoms. The first-order valence-corrected chi connectivity index (χ1v) is 3.57. The van der Waals surface area contributed by atoms with Crippen LogP contribution in [-0.2, 0) is 0 Å². The SMILES string of the molecule is Cc1[nH]c(=O)c(Cl)cc1C(F)F. The summed E-state index contributed by atoms with van der Waals surface area (Å²) in [6, 6.07) is 0.986. The molecule has 0 saturated carbocycles. The van der Waals surface area contributed by atoms with Gasteiger partial charge in [0, 0.05) is 11.3 Å². The maximum Gasteiger partial charge on any atom is 0.266 e. The quantitative estimate of drug-likeness (QED) is 0.729. The van der Waals surface area contributed by atoms with Crippen LogP contribution in [0.25, 0.3) is 0 Å². The van der Waals surface area contributed by atoms with Crippen molar-refractivity contribution < 1.29 is 8.78 Å². The lowest BCUT2D eigenvalue weighted by Crippen LogP contribution is -2.10. The molecule has 1 heterocycles. The predicted octanol–water partition coefficient (Wildman–Crippen LogP) is 2.27. The van der Waals surface area contributed by atoms with Crippen LogP contribution in [0.4, 0.5) is 8.78 Å². The number of hydrogen-bond donors (Lipinski definition) is 1. The van der Waals surface area contributed by atoms with Gasteiger partial charge in [0.05, 0.1) is 0 Å². The summed E-state index contributed by atoms with van der Waals surface area (Å²) < 4.78 is 24.3. The van der Waals surface area contributed by atoms with Crippen molar-refractivity contribution in [2.75, 3.05) is 0 Å². The maximum absolute atomic E-state index is 12.2. The second kappa shape index (κ2) is 3.23. The van der Waals surface area contributed by atoms with E-state index in [1.54, 1.807) is 0 Å². The number of aromatic amines is 1. The summed E-state index contributed by atoms with van der Waals surface area (Å²) in [5.41, 5.74) is -0.627. The first-order chi connectivity index (χ1) is 5.52. The van der Waals surface area contributed by atoms with Gasteiger partial charge in [-0.3, -0.25) is 4.79 Å². The molecule has 0 saturated heterocycles. The molecule has 12 heavy (non-hydrogen) atoms. The molecule has 0 aliphatic heterocycles. The van der Waals surface area contributed by atoms with Crippen molar-refractivity contribution in [3.05, 3.63) is 32.7 Å². The Kier molecular flexibility index (Phi) is 2.47. The Morgan fingerprint density at radius 2 is 2.17 bits per heavy atom. The molecule has 0 radical (unpaired) electrons. The summed E-state index contributed by atoms with van der Waals surface area (Å²) in [5.74, 6) is 0. The van der Waals surface area contributed by atoms with Crippen molar-refractivity contribution in [3.8, 4) is 0 Å². The van der Waals surface area contributed by atoms with Gasteiger partial charge < -0.3 is 4.98 Å². The molecule has 0 spiro atoms. The van der Waals surface area contributed by atoms with E-state index < -0.39 is 12.0 Å². The lowest BCUT2D eigenvalue weighted by Gasteiger charge is -2.03. The Hall–Kier alpha value is -0.900. The number of halogens is 3. The topological polar surface area (TPSA) is 32.9 Å². The highest BCUT2D eigenvalue weighted by Gasteiger charge is 2.12. The Morgan fingerprint density at radius 3 is 2.67 bits per heavy atom. The fourth-order valence-corrected chi connectivity index (χ4v) is 1.00.